The summed E-state index contributed by atoms with van der Waals surface area (Å²) in [6.07, 6.45) is 26.9. The highest BCUT2D eigenvalue weighted by molar-refractivity contribution is 8.76. The van der Waals surface area contributed by atoms with Crippen LogP contribution in [0, 0.1) is 0 Å². The quantitative estimate of drug-likeness (QED) is 0.0302. The van der Waals surface area contributed by atoms with Crippen LogP contribution >= 0.6 is 114 Å². The molecule has 4 rings (SSSR count). The summed E-state index contributed by atoms with van der Waals surface area (Å²) in [6.45, 7) is 0. The lowest BCUT2D eigenvalue weighted by Crippen LogP contribution is -1.85. The minimum Gasteiger partial charge on any atom is -0.128 e. The van der Waals surface area contributed by atoms with Crippen molar-refractivity contribution in [3.63, 3.8) is 0 Å². The van der Waals surface area contributed by atoms with Gasteiger partial charge in [-0.2, -0.15) is 0 Å². The molecule has 0 amide bonds. The van der Waals surface area contributed by atoms with E-state index in [9.17, 15) is 0 Å². The van der Waals surface area contributed by atoms with Crippen molar-refractivity contribution in [2.75, 3.05) is 35.5 Å². The second-order valence-electron chi connectivity index (χ2n) is 11.9. The highest BCUT2D eigenvalue weighted by Crippen LogP contribution is 2.41. The fourth-order valence-corrected chi connectivity index (χ4v) is 15.3. The molecular formula is C38H54S10. The molecule has 48 heavy (non-hydrogen) atoms. The molecule has 0 fully saturated rings. The lowest BCUT2D eigenvalue weighted by atomic mass is 10.1. The highest BCUT2D eigenvalue weighted by Gasteiger charge is 2.08. The Labute approximate surface area is 333 Å². The molecule has 266 valence electrons. The molecule has 0 nitrogen and oxygen atoms in total. The third kappa shape index (κ3) is 17.2. The van der Waals surface area contributed by atoms with Crippen LogP contribution in [-0.2, 0) is 0 Å². The van der Waals surface area contributed by atoms with Gasteiger partial charge in [0.05, 0.1) is 16.8 Å². The second-order valence-corrected chi connectivity index (χ2v) is 23.9. The molecule has 0 spiro atoms. The lowest BCUT2D eigenvalue weighted by Gasteiger charge is -2.04. The molecule has 0 saturated carbocycles. The number of rotatable bonds is 29. The Hall–Kier alpha value is 0.900. The molecule has 4 heterocycles. The first-order chi connectivity index (χ1) is 23.7. The van der Waals surface area contributed by atoms with E-state index in [1.807, 2.05) is 68.9 Å². The fraction of sp³-hybridized carbons (Fsp3) is 0.579. The van der Waals surface area contributed by atoms with Crippen LogP contribution in [-0.4, -0.2) is 35.5 Å². The van der Waals surface area contributed by atoms with Crippen molar-refractivity contribution in [2.24, 2.45) is 0 Å². The third-order valence-corrected chi connectivity index (χ3v) is 20.1. The fourth-order valence-electron chi connectivity index (χ4n) is 5.30. The van der Waals surface area contributed by atoms with Crippen molar-refractivity contribution in [2.45, 2.75) is 120 Å². The number of thioether (sulfide) groups is 4. The molecule has 0 bridgehead atoms. The first-order valence-electron chi connectivity index (χ1n) is 17.7. The van der Waals surface area contributed by atoms with Crippen molar-refractivity contribution in [1.29, 1.82) is 0 Å². The van der Waals surface area contributed by atoms with Crippen LogP contribution in [0.15, 0.2) is 65.4 Å². The van der Waals surface area contributed by atoms with Crippen molar-refractivity contribution < 1.29 is 0 Å². The van der Waals surface area contributed by atoms with Gasteiger partial charge in [-0.3, -0.25) is 0 Å². The summed E-state index contributed by atoms with van der Waals surface area (Å²) in [5, 5.41) is 0. The maximum atomic E-state index is 2.32. The van der Waals surface area contributed by atoms with Crippen LogP contribution < -0.4 is 0 Å². The third-order valence-electron chi connectivity index (χ3n) is 8.03. The predicted molar refractivity (Wildman–Crippen MR) is 239 cm³/mol. The van der Waals surface area contributed by atoms with Crippen LogP contribution in [0.4, 0.5) is 0 Å². The summed E-state index contributed by atoms with van der Waals surface area (Å²) < 4.78 is 5.77. The monoisotopic (exact) mass is 830 g/mol. The first kappa shape index (κ1) is 41.7. The number of unbranched alkanes of at least 4 members (excludes halogenated alkanes) is 14. The largest absolute Gasteiger partial charge is 0.128 e. The Morgan fingerprint density at radius 2 is 0.604 bits per heavy atom. The maximum absolute atomic E-state index is 2.32. The van der Waals surface area contributed by atoms with Crippen molar-refractivity contribution in [3.05, 3.63) is 48.5 Å². The van der Waals surface area contributed by atoms with Crippen molar-refractivity contribution >= 4 is 114 Å². The molecule has 0 N–H and O–H groups in total. The first-order valence-corrected chi connectivity index (χ1v) is 27.9. The van der Waals surface area contributed by atoms with Gasteiger partial charge < -0.3 is 0 Å². The van der Waals surface area contributed by atoms with Gasteiger partial charge in [0.25, 0.3) is 0 Å². The molecule has 0 aliphatic rings. The minimum atomic E-state index is 1.27. The van der Waals surface area contributed by atoms with Crippen molar-refractivity contribution in [1.82, 2.24) is 0 Å². The van der Waals surface area contributed by atoms with Gasteiger partial charge in [0.2, 0.25) is 0 Å². The molecule has 0 aliphatic carbocycles. The van der Waals surface area contributed by atoms with E-state index in [1.54, 1.807) is 0 Å². The van der Waals surface area contributed by atoms with E-state index in [0.717, 1.165) is 0 Å². The van der Waals surface area contributed by atoms with Gasteiger partial charge in [0, 0.05) is 31.0 Å². The topological polar surface area (TPSA) is 0 Å². The lowest BCUT2D eigenvalue weighted by molar-refractivity contribution is 0.587. The maximum Gasteiger partial charge on any atom is 0.0605 e. The Bertz CT molecular complexity index is 1250. The van der Waals surface area contributed by atoms with Gasteiger partial charge in [0.15, 0.2) is 0 Å². The Balaban J connectivity index is 0.822. The predicted octanol–water partition coefficient (Wildman–Crippen LogP) is 17.2. The van der Waals surface area contributed by atoms with E-state index in [-0.39, 0.29) is 0 Å². The van der Waals surface area contributed by atoms with Crippen molar-refractivity contribution in [3.8, 4) is 19.5 Å². The zero-order valence-electron chi connectivity index (χ0n) is 28.8. The Kier molecular flexibility index (Phi) is 23.1. The summed E-state index contributed by atoms with van der Waals surface area (Å²) in [4.78, 5) is 5.69. The molecule has 10 heteroatoms. The summed E-state index contributed by atoms with van der Waals surface area (Å²) in [7, 11) is 4.25. The highest BCUT2D eigenvalue weighted by atomic mass is 33.1. The molecule has 4 aromatic heterocycles. The summed E-state index contributed by atoms with van der Waals surface area (Å²) >= 11 is 15.5. The minimum absolute atomic E-state index is 1.27. The van der Waals surface area contributed by atoms with Gasteiger partial charge >= 0.3 is 0 Å². The van der Waals surface area contributed by atoms with Gasteiger partial charge in [-0.05, 0) is 98.2 Å². The molecule has 0 saturated heterocycles. The average molecular weight is 832 g/mol. The van der Waals surface area contributed by atoms with E-state index in [4.69, 9.17) is 0 Å². The van der Waals surface area contributed by atoms with E-state index in [0.29, 0.717) is 0 Å². The Morgan fingerprint density at radius 3 is 0.917 bits per heavy atom. The van der Waals surface area contributed by atoms with E-state index >= 15 is 0 Å². The molecular weight excluding hydrogens is 777 g/mol. The van der Waals surface area contributed by atoms with Crippen LogP contribution in [0.2, 0.25) is 0 Å². The number of hydrogen-bond acceptors (Lipinski definition) is 10. The van der Waals surface area contributed by atoms with Gasteiger partial charge in [-0.1, -0.05) is 98.6 Å². The smallest absolute Gasteiger partial charge is 0.0605 e. The van der Waals surface area contributed by atoms with E-state index in [1.165, 1.54) is 162 Å². The van der Waals surface area contributed by atoms with Crippen LogP contribution in [0.25, 0.3) is 19.5 Å². The Morgan fingerprint density at radius 1 is 0.333 bits per heavy atom. The normalized spacial score (nSPS) is 11.6. The number of hydrogen-bond donors (Lipinski definition) is 0. The molecule has 0 unspecified atom stereocenters. The summed E-state index contributed by atoms with van der Waals surface area (Å²) in [5.74, 6) is 5.22. The average Bonchev–Trinajstić information content (AvgIpc) is 3.93. The van der Waals surface area contributed by atoms with E-state index in [2.05, 4.69) is 106 Å². The number of thiophene rings is 4. The van der Waals surface area contributed by atoms with E-state index < -0.39 is 0 Å². The van der Waals surface area contributed by atoms with Crippen LogP contribution in [0.1, 0.15) is 103 Å². The molecule has 4 aromatic rings. The van der Waals surface area contributed by atoms with Gasteiger partial charge in [0.1, 0.15) is 0 Å². The summed E-state index contributed by atoms with van der Waals surface area (Å²) in [5.41, 5.74) is 0. The zero-order chi connectivity index (χ0) is 33.5. The van der Waals surface area contributed by atoms with Crippen LogP contribution in [0.3, 0.4) is 0 Å². The molecule has 0 aromatic carbocycles. The SMILES string of the molecule is CSc1ccc(-c2ccc(SCCCCCCCCCCSSCCCCCCCCCCSc3ccc(-c4ccc(SC)s4)s3)s2)s1. The zero-order valence-corrected chi connectivity index (χ0v) is 37.0. The van der Waals surface area contributed by atoms with Gasteiger partial charge in [-0.25, -0.2) is 0 Å². The van der Waals surface area contributed by atoms with Crippen LogP contribution in [0.5, 0.6) is 0 Å². The molecule has 0 radical (unpaired) electrons. The molecule has 0 atom stereocenters. The second kappa shape index (κ2) is 26.6. The standard InChI is InChI=1S/C38H54S10/c1-39-35-23-19-31(45-35)33-21-25-37(47-33)41-27-15-11-7-3-5-9-13-17-29-43-44-30-18-14-10-6-4-8-12-16-28-42-38-26-22-34(48-38)32-20-24-36(40-2)46-32/h19-26H,3-18,27-30H2,1-2H3. The van der Waals surface area contributed by atoms with Gasteiger partial charge in [-0.15, -0.1) is 92.4 Å². The summed E-state index contributed by atoms with van der Waals surface area (Å²) in [6, 6.07) is 18.3. The molecule has 0 aliphatic heterocycles.